The van der Waals surface area contributed by atoms with Gasteiger partial charge in [0, 0.05) is 19.3 Å². The standard InChI is InChI=1S/C20H16N4O2S/c1-24(8-9-25)14-6-7-16-18(11-14)27-19(22-16)10-13(12-21)20-23-15-4-2-3-5-17(15)26-20/h2-7,10-11,25H,8-9H2,1H3/b13-10+. The molecule has 4 rings (SSSR count). The van der Waals surface area contributed by atoms with Gasteiger partial charge in [-0.1, -0.05) is 12.1 Å². The first-order valence-electron chi connectivity index (χ1n) is 8.38. The first kappa shape index (κ1) is 17.2. The molecule has 0 aliphatic heterocycles. The average Bonchev–Trinajstić information content (AvgIpc) is 3.28. The summed E-state index contributed by atoms with van der Waals surface area (Å²) in [6, 6.07) is 15.5. The van der Waals surface area contributed by atoms with Crippen LogP contribution in [0.5, 0.6) is 0 Å². The minimum absolute atomic E-state index is 0.0985. The summed E-state index contributed by atoms with van der Waals surface area (Å²) >= 11 is 1.49. The highest BCUT2D eigenvalue weighted by molar-refractivity contribution is 7.19. The van der Waals surface area contributed by atoms with Crippen molar-refractivity contribution in [2.75, 3.05) is 25.1 Å². The Bertz CT molecular complexity index is 1150. The molecule has 0 aliphatic rings. The number of nitrogens with zero attached hydrogens (tertiary/aromatic N) is 4. The first-order chi connectivity index (χ1) is 13.2. The summed E-state index contributed by atoms with van der Waals surface area (Å²) in [4.78, 5) is 10.9. The SMILES string of the molecule is CN(CCO)c1ccc2nc(/C=C(\C#N)c3nc4ccccc4o3)sc2c1. The van der Waals surface area contributed by atoms with E-state index in [0.717, 1.165) is 21.4 Å². The molecule has 0 bridgehead atoms. The summed E-state index contributed by atoms with van der Waals surface area (Å²) < 4.78 is 6.70. The van der Waals surface area contributed by atoms with Crippen molar-refractivity contribution in [1.29, 1.82) is 5.26 Å². The van der Waals surface area contributed by atoms with E-state index in [1.807, 2.05) is 54.4 Å². The molecule has 0 saturated heterocycles. The Morgan fingerprint density at radius 1 is 1.26 bits per heavy atom. The molecule has 134 valence electrons. The Kier molecular flexibility index (Phi) is 4.59. The van der Waals surface area contributed by atoms with Crippen molar-refractivity contribution < 1.29 is 9.52 Å². The minimum Gasteiger partial charge on any atom is -0.435 e. The van der Waals surface area contributed by atoms with Crippen molar-refractivity contribution in [2.24, 2.45) is 0 Å². The van der Waals surface area contributed by atoms with Gasteiger partial charge in [0.15, 0.2) is 5.58 Å². The molecule has 0 spiro atoms. The van der Waals surface area contributed by atoms with Crippen molar-refractivity contribution >= 4 is 50.0 Å². The number of hydrogen-bond acceptors (Lipinski definition) is 7. The Morgan fingerprint density at radius 2 is 2.11 bits per heavy atom. The Labute approximate surface area is 159 Å². The van der Waals surface area contributed by atoms with Gasteiger partial charge in [0.05, 0.1) is 16.8 Å². The molecule has 6 nitrogen and oxygen atoms in total. The van der Waals surface area contributed by atoms with Crippen LogP contribution in [0.4, 0.5) is 5.69 Å². The average molecular weight is 376 g/mol. The molecule has 2 aromatic carbocycles. The highest BCUT2D eigenvalue weighted by atomic mass is 32.1. The molecule has 0 fully saturated rings. The summed E-state index contributed by atoms with van der Waals surface area (Å²) in [5, 5.41) is 19.4. The van der Waals surface area contributed by atoms with Gasteiger partial charge in [0.25, 0.3) is 0 Å². The predicted molar refractivity (Wildman–Crippen MR) is 107 cm³/mol. The van der Waals surface area contributed by atoms with Crippen LogP contribution < -0.4 is 4.90 Å². The van der Waals surface area contributed by atoms with Gasteiger partial charge in [0.2, 0.25) is 5.89 Å². The molecule has 0 atom stereocenters. The van der Waals surface area contributed by atoms with Gasteiger partial charge in [-0.15, -0.1) is 11.3 Å². The molecule has 0 unspecified atom stereocenters. The maximum absolute atomic E-state index is 9.54. The van der Waals surface area contributed by atoms with Gasteiger partial charge in [-0.25, -0.2) is 9.97 Å². The fourth-order valence-electron chi connectivity index (χ4n) is 2.76. The van der Waals surface area contributed by atoms with E-state index in [0.29, 0.717) is 28.6 Å². The number of aliphatic hydroxyl groups excluding tert-OH is 1. The van der Waals surface area contributed by atoms with E-state index >= 15 is 0 Å². The number of benzene rings is 2. The lowest BCUT2D eigenvalue weighted by Gasteiger charge is -2.17. The molecule has 0 amide bonds. The van der Waals surface area contributed by atoms with Gasteiger partial charge in [-0.3, -0.25) is 0 Å². The highest BCUT2D eigenvalue weighted by Gasteiger charge is 2.12. The van der Waals surface area contributed by atoms with Crippen molar-refractivity contribution in [3.8, 4) is 6.07 Å². The molecule has 2 heterocycles. The smallest absolute Gasteiger partial charge is 0.238 e. The zero-order valence-corrected chi connectivity index (χ0v) is 15.4. The number of para-hydroxylation sites is 2. The number of allylic oxidation sites excluding steroid dienone is 1. The fraction of sp³-hybridized carbons (Fsp3) is 0.150. The number of rotatable bonds is 5. The van der Waals surface area contributed by atoms with Crippen LogP contribution in [-0.2, 0) is 0 Å². The number of nitriles is 1. The van der Waals surface area contributed by atoms with Gasteiger partial charge in [-0.2, -0.15) is 5.26 Å². The number of fused-ring (bicyclic) bond motifs is 2. The Morgan fingerprint density at radius 3 is 2.89 bits per heavy atom. The zero-order chi connectivity index (χ0) is 18.8. The maximum Gasteiger partial charge on any atom is 0.238 e. The van der Waals surface area contributed by atoms with E-state index in [1.54, 1.807) is 6.08 Å². The van der Waals surface area contributed by atoms with Crippen LogP contribution in [0.25, 0.3) is 33.0 Å². The molecule has 2 aromatic heterocycles. The van der Waals surface area contributed by atoms with Crippen molar-refractivity contribution in [3.63, 3.8) is 0 Å². The molecular weight excluding hydrogens is 360 g/mol. The lowest BCUT2D eigenvalue weighted by atomic mass is 10.2. The first-order valence-corrected chi connectivity index (χ1v) is 9.20. The van der Waals surface area contributed by atoms with Crippen molar-refractivity contribution in [3.05, 3.63) is 53.4 Å². The second-order valence-corrected chi connectivity index (χ2v) is 7.07. The van der Waals surface area contributed by atoms with E-state index < -0.39 is 0 Å². The number of hydrogen-bond donors (Lipinski definition) is 1. The van der Waals surface area contributed by atoms with E-state index in [4.69, 9.17) is 9.52 Å². The molecule has 0 saturated carbocycles. The molecule has 4 aromatic rings. The van der Waals surface area contributed by atoms with E-state index in [1.165, 1.54) is 11.3 Å². The number of likely N-dealkylation sites (N-methyl/N-ethyl adjacent to an activating group) is 1. The van der Waals surface area contributed by atoms with Crippen LogP contribution in [-0.4, -0.2) is 35.3 Å². The number of thiazole rings is 1. The third-order valence-electron chi connectivity index (χ3n) is 4.18. The highest BCUT2D eigenvalue weighted by Crippen LogP contribution is 2.29. The number of aromatic nitrogens is 2. The number of aliphatic hydroxyl groups is 1. The van der Waals surface area contributed by atoms with Crippen molar-refractivity contribution in [2.45, 2.75) is 0 Å². The van der Waals surface area contributed by atoms with E-state index in [-0.39, 0.29) is 6.61 Å². The second-order valence-electron chi connectivity index (χ2n) is 6.01. The van der Waals surface area contributed by atoms with Gasteiger partial charge < -0.3 is 14.4 Å². The van der Waals surface area contributed by atoms with Gasteiger partial charge in [-0.05, 0) is 36.4 Å². The summed E-state index contributed by atoms with van der Waals surface area (Å²) in [6.07, 6.45) is 1.70. The van der Waals surface area contributed by atoms with Crippen LogP contribution in [0.15, 0.2) is 46.9 Å². The topological polar surface area (TPSA) is 86.2 Å². The third-order valence-corrected chi connectivity index (χ3v) is 5.14. The summed E-state index contributed by atoms with van der Waals surface area (Å²) in [6.45, 7) is 0.661. The quantitative estimate of drug-likeness (QED) is 0.531. The summed E-state index contributed by atoms with van der Waals surface area (Å²) in [5.41, 5.74) is 3.57. The van der Waals surface area contributed by atoms with E-state index in [2.05, 4.69) is 16.0 Å². The maximum atomic E-state index is 9.54. The largest absolute Gasteiger partial charge is 0.435 e. The molecule has 7 heteroatoms. The second kappa shape index (κ2) is 7.19. The van der Waals surface area contributed by atoms with Crippen LogP contribution >= 0.6 is 11.3 Å². The minimum atomic E-state index is 0.0985. The summed E-state index contributed by atoms with van der Waals surface area (Å²) in [7, 11) is 1.93. The number of oxazole rings is 1. The monoisotopic (exact) mass is 376 g/mol. The van der Waals surface area contributed by atoms with Crippen molar-refractivity contribution in [1.82, 2.24) is 9.97 Å². The van der Waals surface area contributed by atoms with E-state index in [9.17, 15) is 5.26 Å². The normalized spacial score (nSPS) is 11.8. The molecule has 0 radical (unpaired) electrons. The van der Waals surface area contributed by atoms with Gasteiger partial charge >= 0.3 is 0 Å². The zero-order valence-electron chi connectivity index (χ0n) is 14.6. The molecular formula is C20H16N4O2S. The lowest BCUT2D eigenvalue weighted by molar-refractivity contribution is 0.304. The lowest BCUT2D eigenvalue weighted by Crippen LogP contribution is -2.20. The van der Waals surface area contributed by atoms with Crippen LogP contribution in [0.3, 0.4) is 0 Å². The van der Waals surface area contributed by atoms with Crippen LogP contribution in [0, 0.1) is 11.3 Å². The fourth-order valence-corrected chi connectivity index (χ4v) is 3.71. The molecule has 1 N–H and O–H groups in total. The molecule has 0 aliphatic carbocycles. The Balaban J connectivity index is 1.70. The number of anilines is 1. The molecule has 27 heavy (non-hydrogen) atoms. The Hall–Kier alpha value is -3.21. The predicted octanol–water partition coefficient (Wildman–Crippen LogP) is 3.93. The third kappa shape index (κ3) is 3.40. The van der Waals surface area contributed by atoms with Gasteiger partial charge in [0.1, 0.15) is 22.2 Å². The van der Waals surface area contributed by atoms with Crippen LogP contribution in [0.1, 0.15) is 10.9 Å². The van der Waals surface area contributed by atoms with Crippen LogP contribution in [0.2, 0.25) is 0 Å². The summed E-state index contributed by atoms with van der Waals surface area (Å²) in [5.74, 6) is 0.293.